The standard InChI is InChI=1S/C17H13F2N3O2/c1-10-20-14-5-3-2-4-12(14)17(24)22(10)9-16(23)21-15-7-6-11(18)8-13(15)19/h2-8H,9H2,1H3,(H,21,23). The minimum absolute atomic E-state index is 0.152. The Labute approximate surface area is 135 Å². The first-order valence-corrected chi connectivity index (χ1v) is 7.17. The van der Waals surface area contributed by atoms with E-state index in [1.165, 1.54) is 4.57 Å². The molecule has 0 unspecified atom stereocenters. The molecule has 0 saturated heterocycles. The summed E-state index contributed by atoms with van der Waals surface area (Å²) in [5.74, 6) is -1.86. The zero-order valence-electron chi connectivity index (χ0n) is 12.7. The van der Waals surface area contributed by atoms with Crippen LogP contribution >= 0.6 is 0 Å². The average molecular weight is 329 g/mol. The topological polar surface area (TPSA) is 64.0 Å². The maximum atomic E-state index is 13.6. The molecule has 3 rings (SSSR count). The quantitative estimate of drug-likeness (QED) is 0.803. The predicted octanol–water partition coefficient (Wildman–Crippen LogP) is 2.62. The van der Waals surface area contributed by atoms with Gasteiger partial charge in [0.2, 0.25) is 5.91 Å². The summed E-state index contributed by atoms with van der Waals surface area (Å²) in [6.45, 7) is 1.29. The lowest BCUT2D eigenvalue weighted by molar-refractivity contribution is -0.116. The molecule has 24 heavy (non-hydrogen) atoms. The van der Waals surface area contributed by atoms with Crippen molar-refractivity contribution in [1.82, 2.24) is 9.55 Å². The number of carbonyl (C=O) groups excluding carboxylic acids is 1. The lowest BCUT2D eigenvalue weighted by Gasteiger charge is -2.11. The van der Waals surface area contributed by atoms with Gasteiger partial charge in [-0.3, -0.25) is 14.2 Å². The molecular weight excluding hydrogens is 316 g/mol. The fourth-order valence-corrected chi connectivity index (χ4v) is 2.39. The summed E-state index contributed by atoms with van der Waals surface area (Å²) in [4.78, 5) is 28.9. The van der Waals surface area contributed by atoms with Crippen LogP contribution in [0.4, 0.5) is 14.5 Å². The van der Waals surface area contributed by atoms with E-state index in [0.29, 0.717) is 22.8 Å². The molecule has 1 heterocycles. The van der Waals surface area contributed by atoms with Crippen LogP contribution in [0.1, 0.15) is 5.82 Å². The van der Waals surface area contributed by atoms with Crippen molar-refractivity contribution >= 4 is 22.5 Å². The van der Waals surface area contributed by atoms with E-state index in [1.807, 2.05) is 0 Å². The van der Waals surface area contributed by atoms with Gasteiger partial charge in [-0.1, -0.05) is 12.1 Å². The van der Waals surface area contributed by atoms with E-state index >= 15 is 0 Å². The Morgan fingerprint density at radius 2 is 1.96 bits per heavy atom. The molecule has 122 valence electrons. The number of amides is 1. The van der Waals surface area contributed by atoms with Crippen LogP contribution in [0.5, 0.6) is 0 Å². The van der Waals surface area contributed by atoms with Gasteiger partial charge in [0.05, 0.1) is 16.6 Å². The molecule has 0 atom stereocenters. The number of nitrogens with zero attached hydrogens (tertiary/aromatic N) is 2. The van der Waals surface area contributed by atoms with Crippen LogP contribution in [0, 0.1) is 18.6 Å². The number of carbonyl (C=O) groups is 1. The van der Waals surface area contributed by atoms with Crippen LogP contribution in [-0.4, -0.2) is 15.5 Å². The van der Waals surface area contributed by atoms with E-state index in [9.17, 15) is 18.4 Å². The Kier molecular flexibility index (Phi) is 4.07. The summed E-state index contributed by atoms with van der Waals surface area (Å²) >= 11 is 0. The Bertz CT molecular complexity index is 999. The number of hydrogen-bond acceptors (Lipinski definition) is 3. The van der Waals surface area contributed by atoms with E-state index in [1.54, 1.807) is 31.2 Å². The molecule has 5 nitrogen and oxygen atoms in total. The van der Waals surface area contributed by atoms with Gasteiger partial charge >= 0.3 is 0 Å². The minimum atomic E-state index is -0.885. The number of nitrogens with one attached hydrogen (secondary N) is 1. The molecule has 7 heteroatoms. The first-order chi connectivity index (χ1) is 11.5. The molecule has 1 aromatic heterocycles. The number of anilines is 1. The Morgan fingerprint density at radius 1 is 1.21 bits per heavy atom. The van der Waals surface area contributed by atoms with Crippen molar-refractivity contribution in [2.75, 3.05) is 5.32 Å². The maximum absolute atomic E-state index is 13.6. The highest BCUT2D eigenvalue weighted by atomic mass is 19.1. The van der Waals surface area contributed by atoms with Crippen molar-refractivity contribution in [1.29, 1.82) is 0 Å². The predicted molar refractivity (Wildman–Crippen MR) is 85.7 cm³/mol. The lowest BCUT2D eigenvalue weighted by Crippen LogP contribution is -2.30. The highest BCUT2D eigenvalue weighted by molar-refractivity contribution is 5.91. The molecule has 0 radical (unpaired) electrons. The van der Waals surface area contributed by atoms with Crippen LogP contribution in [0.2, 0.25) is 0 Å². The number of fused-ring (bicyclic) bond motifs is 1. The van der Waals surface area contributed by atoms with Crippen molar-refractivity contribution in [3.8, 4) is 0 Å². The minimum Gasteiger partial charge on any atom is -0.322 e. The number of para-hydroxylation sites is 1. The maximum Gasteiger partial charge on any atom is 0.261 e. The number of aromatic nitrogens is 2. The summed E-state index contributed by atoms with van der Waals surface area (Å²) in [5.41, 5.74) is 0.0370. The monoisotopic (exact) mass is 329 g/mol. The van der Waals surface area contributed by atoms with Gasteiger partial charge < -0.3 is 5.32 Å². The van der Waals surface area contributed by atoms with Crippen LogP contribution in [0.25, 0.3) is 10.9 Å². The van der Waals surface area contributed by atoms with Gasteiger partial charge in [-0.25, -0.2) is 13.8 Å². The fourth-order valence-electron chi connectivity index (χ4n) is 2.39. The SMILES string of the molecule is Cc1nc2ccccc2c(=O)n1CC(=O)Nc1ccc(F)cc1F. The summed E-state index contributed by atoms with van der Waals surface area (Å²) in [5, 5.41) is 2.71. The Morgan fingerprint density at radius 3 is 2.71 bits per heavy atom. The van der Waals surface area contributed by atoms with Gasteiger partial charge in [0.1, 0.15) is 24.0 Å². The molecule has 0 saturated carbocycles. The summed E-state index contributed by atoms with van der Waals surface area (Å²) in [7, 11) is 0. The van der Waals surface area contributed by atoms with E-state index in [2.05, 4.69) is 10.3 Å². The molecule has 0 fully saturated rings. The zero-order valence-corrected chi connectivity index (χ0v) is 12.7. The van der Waals surface area contributed by atoms with E-state index < -0.39 is 17.5 Å². The third-order valence-corrected chi connectivity index (χ3v) is 3.56. The number of hydrogen-bond donors (Lipinski definition) is 1. The summed E-state index contributed by atoms with van der Waals surface area (Å²) in [6, 6.07) is 9.64. The van der Waals surface area contributed by atoms with E-state index in [4.69, 9.17) is 0 Å². The molecule has 0 bridgehead atoms. The van der Waals surface area contributed by atoms with E-state index in [0.717, 1.165) is 12.1 Å². The fraction of sp³-hybridized carbons (Fsp3) is 0.118. The second-order valence-corrected chi connectivity index (χ2v) is 5.24. The van der Waals surface area contributed by atoms with Crippen molar-refractivity contribution in [2.45, 2.75) is 13.5 Å². The van der Waals surface area contributed by atoms with Gasteiger partial charge in [-0.15, -0.1) is 0 Å². The summed E-state index contributed by atoms with van der Waals surface area (Å²) in [6.07, 6.45) is 0. The van der Waals surface area contributed by atoms with Crippen molar-refractivity contribution in [3.05, 3.63) is 70.3 Å². The van der Waals surface area contributed by atoms with Gasteiger partial charge in [-0.2, -0.15) is 0 Å². The van der Waals surface area contributed by atoms with Gasteiger partial charge in [0, 0.05) is 6.07 Å². The smallest absolute Gasteiger partial charge is 0.261 e. The second kappa shape index (κ2) is 6.19. The largest absolute Gasteiger partial charge is 0.322 e. The van der Waals surface area contributed by atoms with Gasteiger partial charge in [0.25, 0.3) is 5.56 Å². The van der Waals surface area contributed by atoms with Crippen molar-refractivity contribution < 1.29 is 13.6 Å². The molecule has 1 amide bonds. The average Bonchev–Trinajstić information content (AvgIpc) is 2.54. The molecule has 0 aliphatic rings. The first kappa shape index (κ1) is 15.8. The summed E-state index contributed by atoms with van der Waals surface area (Å²) < 4.78 is 27.7. The number of rotatable bonds is 3. The van der Waals surface area contributed by atoms with Crippen LogP contribution < -0.4 is 10.9 Å². The third kappa shape index (κ3) is 3.01. The van der Waals surface area contributed by atoms with Crippen LogP contribution in [-0.2, 0) is 11.3 Å². The van der Waals surface area contributed by atoms with Crippen LogP contribution in [0.15, 0.2) is 47.3 Å². The molecular formula is C17H13F2N3O2. The number of aryl methyl sites for hydroxylation is 1. The molecule has 0 aliphatic heterocycles. The highest BCUT2D eigenvalue weighted by Crippen LogP contribution is 2.15. The highest BCUT2D eigenvalue weighted by Gasteiger charge is 2.13. The molecule has 0 spiro atoms. The molecule has 2 aromatic carbocycles. The van der Waals surface area contributed by atoms with Gasteiger partial charge in [0.15, 0.2) is 0 Å². The Balaban J connectivity index is 1.89. The third-order valence-electron chi connectivity index (χ3n) is 3.56. The number of halogens is 2. The second-order valence-electron chi connectivity index (χ2n) is 5.24. The number of benzene rings is 2. The Hall–Kier alpha value is -3.09. The first-order valence-electron chi connectivity index (χ1n) is 7.17. The van der Waals surface area contributed by atoms with Crippen LogP contribution in [0.3, 0.4) is 0 Å². The molecule has 3 aromatic rings. The van der Waals surface area contributed by atoms with E-state index in [-0.39, 0.29) is 17.8 Å². The van der Waals surface area contributed by atoms with Crippen molar-refractivity contribution in [3.63, 3.8) is 0 Å². The molecule has 1 N–H and O–H groups in total. The lowest BCUT2D eigenvalue weighted by atomic mass is 10.2. The zero-order chi connectivity index (χ0) is 17.3. The molecule has 0 aliphatic carbocycles. The van der Waals surface area contributed by atoms with Crippen molar-refractivity contribution in [2.24, 2.45) is 0 Å². The van der Waals surface area contributed by atoms with Gasteiger partial charge in [-0.05, 0) is 31.2 Å². The normalized spacial score (nSPS) is 10.8.